The van der Waals surface area contributed by atoms with E-state index in [-0.39, 0.29) is 12.0 Å². The maximum Gasteiger partial charge on any atom is 0.410 e. The number of carbonyl (C=O) groups excluding carboxylic acids is 2. The molecule has 1 aliphatic heterocycles. The van der Waals surface area contributed by atoms with Crippen LogP contribution in [0.2, 0.25) is 0 Å². The molecule has 1 saturated heterocycles. The zero-order valence-electron chi connectivity index (χ0n) is 12.4. The molecule has 1 saturated carbocycles. The van der Waals surface area contributed by atoms with Crippen molar-refractivity contribution in [3.05, 3.63) is 0 Å². The molecule has 0 aromatic carbocycles. The van der Waals surface area contributed by atoms with Crippen LogP contribution in [0.5, 0.6) is 0 Å². The van der Waals surface area contributed by atoms with Crippen molar-refractivity contribution in [2.75, 3.05) is 13.1 Å². The number of hydrogen-bond acceptors (Lipinski definition) is 3. The summed E-state index contributed by atoms with van der Waals surface area (Å²) >= 11 is 0. The highest BCUT2D eigenvalue weighted by Crippen LogP contribution is 2.52. The van der Waals surface area contributed by atoms with Gasteiger partial charge in [-0.15, -0.1) is 0 Å². The van der Waals surface area contributed by atoms with Crippen LogP contribution in [0.1, 0.15) is 40.5 Å². The van der Waals surface area contributed by atoms with E-state index in [9.17, 15) is 9.59 Å². The topological polar surface area (TPSA) is 46.6 Å². The minimum atomic E-state index is -0.429. The molecule has 19 heavy (non-hydrogen) atoms. The molecule has 2 rings (SSSR count). The molecule has 0 bridgehead atoms. The van der Waals surface area contributed by atoms with Gasteiger partial charge >= 0.3 is 6.09 Å². The van der Waals surface area contributed by atoms with Crippen molar-refractivity contribution in [3.8, 4) is 0 Å². The van der Waals surface area contributed by atoms with Gasteiger partial charge in [-0.1, -0.05) is 6.92 Å². The zero-order valence-corrected chi connectivity index (χ0v) is 12.4. The number of ether oxygens (including phenoxy) is 1. The number of hydrogen-bond donors (Lipinski definition) is 0. The van der Waals surface area contributed by atoms with Crippen molar-refractivity contribution >= 4 is 12.4 Å². The van der Waals surface area contributed by atoms with Gasteiger partial charge in [-0.05, 0) is 51.4 Å². The van der Waals surface area contributed by atoms with E-state index in [1.54, 1.807) is 4.90 Å². The molecule has 0 N–H and O–H groups in total. The molecule has 1 amide bonds. The monoisotopic (exact) mass is 267 g/mol. The number of rotatable bonds is 2. The molecule has 108 valence electrons. The highest BCUT2D eigenvalue weighted by Gasteiger charge is 2.51. The van der Waals surface area contributed by atoms with Gasteiger partial charge < -0.3 is 14.4 Å². The lowest BCUT2D eigenvalue weighted by atomic mass is 9.90. The molecule has 0 aromatic rings. The predicted octanol–water partition coefficient (Wildman–Crippen LogP) is 2.71. The van der Waals surface area contributed by atoms with Gasteiger partial charge in [-0.25, -0.2) is 4.79 Å². The summed E-state index contributed by atoms with van der Waals surface area (Å²) < 4.78 is 5.38. The molecular formula is C15H25NO3. The average Bonchev–Trinajstić information content (AvgIpc) is 2.98. The van der Waals surface area contributed by atoms with Gasteiger partial charge in [0.15, 0.2) is 0 Å². The Balaban J connectivity index is 1.80. The third kappa shape index (κ3) is 3.28. The van der Waals surface area contributed by atoms with Crippen LogP contribution in [0.4, 0.5) is 4.79 Å². The number of amides is 1. The first-order valence-corrected chi connectivity index (χ1v) is 7.26. The van der Waals surface area contributed by atoms with Crippen molar-refractivity contribution in [2.45, 2.75) is 46.1 Å². The smallest absolute Gasteiger partial charge is 0.410 e. The third-order valence-corrected chi connectivity index (χ3v) is 4.41. The van der Waals surface area contributed by atoms with Crippen LogP contribution < -0.4 is 0 Å². The quantitative estimate of drug-likeness (QED) is 0.723. The molecule has 1 aliphatic carbocycles. The summed E-state index contributed by atoms with van der Waals surface area (Å²) in [6.45, 7) is 9.33. The Kier molecular flexibility index (Phi) is 3.88. The molecule has 2 aliphatic rings. The standard InChI is InChI=1S/C15H25NO3/c1-10-12(9-17)13(10)11-5-7-16(8-6-11)14(18)19-15(2,3)4/h9-13H,5-8H2,1-4H3/t10-,12-,13+/m1/s1. The molecular weight excluding hydrogens is 242 g/mol. The van der Waals surface area contributed by atoms with E-state index < -0.39 is 5.60 Å². The van der Waals surface area contributed by atoms with Crippen molar-refractivity contribution in [3.63, 3.8) is 0 Å². The van der Waals surface area contributed by atoms with E-state index in [0.29, 0.717) is 17.8 Å². The van der Waals surface area contributed by atoms with Crippen molar-refractivity contribution in [1.29, 1.82) is 0 Å². The molecule has 2 fully saturated rings. The Morgan fingerprint density at radius 2 is 1.84 bits per heavy atom. The first kappa shape index (κ1) is 14.4. The number of likely N-dealkylation sites (tertiary alicyclic amines) is 1. The van der Waals surface area contributed by atoms with E-state index >= 15 is 0 Å². The largest absolute Gasteiger partial charge is 0.444 e. The molecule has 0 unspecified atom stereocenters. The van der Waals surface area contributed by atoms with Crippen LogP contribution in [-0.4, -0.2) is 36.0 Å². The van der Waals surface area contributed by atoms with Gasteiger partial charge in [0.1, 0.15) is 11.9 Å². The minimum Gasteiger partial charge on any atom is -0.444 e. The maximum absolute atomic E-state index is 11.9. The Morgan fingerprint density at radius 3 is 2.26 bits per heavy atom. The third-order valence-electron chi connectivity index (χ3n) is 4.41. The summed E-state index contributed by atoms with van der Waals surface area (Å²) in [4.78, 5) is 24.6. The van der Waals surface area contributed by atoms with Crippen molar-refractivity contribution in [2.24, 2.45) is 23.7 Å². The average molecular weight is 267 g/mol. The first-order valence-electron chi connectivity index (χ1n) is 7.26. The van der Waals surface area contributed by atoms with E-state index in [4.69, 9.17) is 4.74 Å². The number of carbonyl (C=O) groups is 2. The van der Waals surface area contributed by atoms with E-state index in [2.05, 4.69) is 6.92 Å². The second kappa shape index (κ2) is 5.14. The fourth-order valence-corrected chi connectivity index (χ4v) is 3.28. The first-order chi connectivity index (χ1) is 8.83. The maximum atomic E-state index is 11.9. The van der Waals surface area contributed by atoms with Gasteiger partial charge in [0.05, 0.1) is 0 Å². The number of piperidine rings is 1. The van der Waals surface area contributed by atoms with Crippen LogP contribution in [0, 0.1) is 23.7 Å². The fraction of sp³-hybridized carbons (Fsp3) is 0.867. The lowest BCUT2D eigenvalue weighted by Gasteiger charge is -2.33. The summed E-state index contributed by atoms with van der Waals surface area (Å²) in [5.74, 6) is 1.95. The van der Waals surface area contributed by atoms with Crippen LogP contribution in [0.25, 0.3) is 0 Å². The Labute approximate surface area is 115 Å². The Hall–Kier alpha value is -1.06. The lowest BCUT2D eigenvalue weighted by molar-refractivity contribution is -0.109. The summed E-state index contributed by atoms with van der Waals surface area (Å²) in [5.41, 5.74) is -0.429. The normalized spacial score (nSPS) is 32.0. The van der Waals surface area contributed by atoms with Gasteiger partial charge in [0.2, 0.25) is 0 Å². The summed E-state index contributed by atoms with van der Waals surface area (Å²) in [6.07, 6.45) is 2.90. The lowest BCUT2D eigenvalue weighted by Crippen LogP contribution is -2.42. The Morgan fingerprint density at radius 1 is 1.26 bits per heavy atom. The molecule has 1 heterocycles. The highest BCUT2D eigenvalue weighted by molar-refractivity contribution is 5.68. The summed E-state index contributed by atoms with van der Waals surface area (Å²) in [6, 6.07) is 0. The van der Waals surface area contributed by atoms with Crippen LogP contribution >= 0.6 is 0 Å². The molecule has 4 nitrogen and oxygen atoms in total. The number of aldehydes is 1. The van der Waals surface area contributed by atoms with Crippen LogP contribution in [0.3, 0.4) is 0 Å². The molecule has 4 heteroatoms. The highest BCUT2D eigenvalue weighted by atomic mass is 16.6. The predicted molar refractivity (Wildman–Crippen MR) is 72.7 cm³/mol. The van der Waals surface area contributed by atoms with Gasteiger partial charge in [0.25, 0.3) is 0 Å². The summed E-state index contributed by atoms with van der Waals surface area (Å²) in [7, 11) is 0. The van der Waals surface area contributed by atoms with Crippen LogP contribution in [-0.2, 0) is 9.53 Å². The SMILES string of the molecule is C[C@@H]1[C@@H](C=O)[C@@H]1C1CCN(C(=O)OC(C)(C)C)CC1. The van der Waals surface area contributed by atoms with Crippen LogP contribution in [0.15, 0.2) is 0 Å². The molecule has 0 aromatic heterocycles. The fourth-order valence-electron chi connectivity index (χ4n) is 3.28. The van der Waals surface area contributed by atoms with Gasteiger partial charge in [0, 0.05) is 19.0 Å². The van der Waals surface area contributed by atoms with Crippen molar-refractivity contribution < 1.29 is 14.3 Å². The van der Waals surface area contributed by atoms with E-state index in [1.165, 1.54) is 0 Å². The van der Waals surface area contributed by atoms with E-state index in [1.807, 2.05) is 20.8 Å². The van der Waals surface area contributed by atoms with Gasteiger partial charge in [-0.2, -0.15) is 0 Å². The van der Waals surface area contributed by atoms with E-state index in [0.717, 1.165) is 32.2 Å². The Bertz CT molecular complexity index is 353. The van der Waals surface area contributed by atoms with Gasteiger partial charge in [-0.3, -0.25) is 0 Å². The minimum absolute atomic E-state index is 0.207. The second-order valence-corrected chi connectivity index (χ2v) is 6.95. The molecule has 0 spiro atoms. The zero-order chi connectivity index (χ0) is 14.2. The second-order valence-electron chi connectivity index (χ2n) is 6.95. The molecule has 3 atom stereocenters. The number of nitrogens with zero attached hydrogens (tertiary/aromatic N) is 1. The summed E-state index contributed by atoms with van der Waals surface area (Å²) in [5, 5.41) is 0. The molecule has 0 radical (unpaired) electrons. The van der Waals surface area contributed by atoms with Crippen molar-refractivity contribution in [1.82, 2.24) is 4.90 Å².